The second-order valence-electron chi connectivity index (χ2n) is 6.81. The van der Waals surface area contributed by atoms with Gasteiger partial charge in [0.25, 0.3) is 5.91 Å². The number of nitrogens with one attached hydrogen (secondary N) is 1. The Kier molecular flexibility index (Phi) is 5.63. The van der Waals surface area contributed by atoms with E-state index in [1.807, 2.05) is 24.3 Å². The van der Waals surface area contributed by atoms with E-state index in [1.165, 1.54) is 18.7 Å². The SMILES string of the molecule is CC(=O)c1ccc(NC(=O)CCN2C(=O)c3ccccc3Sc3ncccc32)cc1. The molecule has 7 heteroatoms. The first kappa shape index (κ1) is 19.8. The van der Waals surface area contributed by atoms with Crippen LogP contribution in [0.3, 0.4) is 0 Å². The van der Waals surface area contributed by atoms with E-state index in [2.05, 4.69) is 10.3 Å². The molecule has 1 aromatic heterocycles. The monoisotopic (exact) mass is 417 g/mol. The van der Waals surface area contributed by atoms with Gasteiger partial charge in [0.05, 0.1) is 11.3 Å². The summed E-state index contributed by atoms with van der Waals surface area (Å²) in [5.74, 6) is -0.393. The maximum atomic E-state index is 13.2. The van der Waals surface area contributed by atoms with Crippen LogP contribution < -0.4 is 10.2 Å². The van der Waals surface area contributed by atoms with E-state index < -0.39 is 0 Å². The molecule has 0 saturated heterocycles. The topological polar surface area (TPSA) is 79.4 Å². The molecule has 0 aliphatic carbocycles. The standard InChI is InChI=1S/C23H19N3O3S/c1-15(27)16-8-10-17(11-9-16)25-21(28)12-14-26-19-6-4-13-24-22(19)30-20-7-3-2-5-18(20)23(26)29/h2-11,13H,12,14H2,1H3,(H,25,28). The molecule has 1 aliphatic rings. The summed E-state index contributed by atoms with van der Waals surface area (Å²) in [6.07, 6.45) is 1.82. The number of Topliss-reactive ketones (excluding diaryl/α,β-unsaturated/α-hetero) is 1. The fourth-order valence-corrected chi connectivity index (χ4v) is 4.22. The first-order valence-corrected chi connectivity index (χ1v) is 10.3. The van der Waals surface area contributed by atoms with Gasteiger partial charge in [0.15, 0.2) is 5.78 Å². The quantitative estimate of drug-likeness (QED) is 0.622. The second kappa shape index (κ2) is 8.51. The Morgan fingerprint density at radius 1 is 1.03 bits per heavy atom. The molecule has 6 nitrogen and oxygen atoms in total. The molecule has 3 aromatic rings. The van der Waals surface area contributed by atoms with Crippen molar-refractivity contribution in [1.29, 1.82) is 0 Å². The van der Waals surface area contributed by atoms with Gasteiger partial charge in [-0.25, -0.2) is 4.98 Å². The summed E-state index contributed by atoms with van der Waals surface area (Å²) in [7, 11) is 0. The number of aromatic nitrogens is 1. The molecule has 0 saturated carbocycles. The predicted molar refractivity (Wildman–Crippen MR) is 116 cm³/mol. The van der Waals surface area contributed by atoms with Crippen LogP contribution in [0.5, 0.6) is 0 Å². The number of fused-ring (bicyclic) bond motifs is 2. The van der Waals surface area contributed by atoms with E-state index in [4.69, 9.17) is 0 Å². The molecule has 2 heterocycles. The Morgan fingerprint density at radius 2 is 1.80 bits per heavy atom. The van der Waals surface area contributed by atoms with Gasteiger partial charge in [0.2, 0.25) is 5.91 Å². The molecule has 30 heavy (non-hydrogen) atoms. The first-order valence-electron chi connectivity index (χ1n) is 9.47. The highest BCUT2D eigenvalue weighted by Gasteiger charge is 2.28. The van der Waals surface area contributed by atoms with Crippen molar-refractivity contribution in [3.05, 3.63) is 78.0 Å². The first-order chi connectivity index (χ1) is 14.5. The van der Waals surface area contributed by atoms with E-state index >= 15 is 0 Å². The third-order valence-electron chi connectivity index (χ3n) is 4.75. The van der Waals surface area contributed by atoms with Crippen LogP contribution in [0.15, 0.2) is 76.8 Å². The van der Waals surface area contributed by atoms with Gasteiger partial charge >= 0.3 is 0 Å². The van der Waals surface area contributed by atoms with Gasteiger partial charge in [-0.2, -0.15) is 0 Å². The van der Waals surface area contributed by atoms with Crippen molar-refractivity contribution in [2.24, 2.45) is 0 Å². The Morgan fingerprint density at radius 3 is 2.57 bits per heavy atom. The number of benzene rings is 2. The number of anilines is 2. The molecule has 150 valence electrons. The van der Waals surface area contributed by atoms with Crippen LogP contribution in [-0.4, -0.2) is 29.1 Å². The molecule has 0 spiro atoms. The van der Waals surface area contributed by atoms with Crippen LogP contribution in [0, 0.1) is 0 Å². The number of pyridine rings is 1. The van der Waals surface area contributed by atoms with Crippen LogP contribution in [0.1, 0.15) is 34.1 Å². The zero-order chi connectivity index (χ0) is 21.1. The minimum atomic E-state index is -0.214. The number of hydrogen-bond donors (Lipinski definition) is 1. The average molecular weight is 417 g/mol. The van der Waals surface area contributed by atoms with Crippen molar-refractivity contribution in [2.45, 2.75) is 23.3 Å². The van der Waals surface area contributed by atoms with Crippen LogP contribution in [-0.2, 0) is 4.79 Å². The molecule has 0 fully saturated rings. The highest BCUT2D eigenvalue weighted by molar-refractivity contribution is 7.99. The Hall–Kier alpha value is -3.45. The molecule has 1 aliphatic heterocycles. The van der Waals surface area contributed by atoms with E-state index in [9.17, 15) is 14.4 Å². The smallest absolute Gasteiger partial charge is 0.259 e. The van der Waals surface area contributed by atoms with Gasteiger partial charge in [-0.15, -0.1) is 0 Å². The summed E-state index contributed by atoms with van der Waals surface area (Å²) in [4.78, 5) is 43.9. The Bertz CT molecular complexity index is 1130. The summed E-state index contributed by atoms with van der Waals surface area (Å²) in [5, 5.41) is 3.54. The number of carbonyl (C=O) groups is 3. The van der Waals surface area contributed by atoms with Crippen molar-refractivity contribution in [3.63, 3.8) is 0 Å². The Labute approximate surface area is 178 Å². The van der Waals surface area contributed by atoms with Gasteiger partial charge in [0, 0.05) is 35.3 Å². The molecule has 2 aromatic carbocycles. The van der Waals surface area contributed by atoms with Gasteiger partial charge in [0.1, 0.15) is 5.03 Å². The largest absolute Gasteiger partial charge is 0.326 e. The molecule has 0 unspecified atom stereocenters. The van der Waals surface area contributed by atoms with Crippen molar-refractivity contribution in [3.8, 4) is 0 Å². The third kappa shape index (κ3) is 4.11. The summed E-state index contributed by atoms with van der Waals surface area (Å²) in [6.45, 7) is 1.72. The number of hydrogen-bond acceptors (Lipinski definition) is 5. The highest BCUT2D eigenvalue weighted by atomic mass is 32.2. The Balaban J connectivity index is 1.51. The molecule has 1 N–H and O–H groups in total. The third-order valence-corrected chi connectivity index (χ3v) is 5.83. The van der Waals surface area contributed by atoms with Crippen LogP contribution in [0.2, 0.25) is 0 Å². The number of amides is 2. The number of ketones is 1. The van der Waals surface area contributed by atoms with Crippen molar-refractivity contribution >= 4 is 40.7 Å². The number of rotatable bonds is 5. The lowest BCUT2D eigenvalue weighted by atomic mass is 10.1. The van der Waals surface area contributed by atoms with Gasteiger partial charge in [-0.3, -0.25) is 14.4 Å². The minimum absolute atomic E-state index is 0.0296. The fourth-order valence-electron chi connectivity index (χ4n) is 3.20. The zero-order valence-electron chi connectivity index (χ0n) is 16.3. The molecular weight excluding hydrogens is 398 g/mol. The van der Waals surface area contributed by atoms with Gasteiger partial charge in [-0.05, 0) is 55.5 Å². The lowest BCUT2D eigenvalue weighted by Gasteiger charge is -2.22. The molecule has 2 amide bonds. The minimum Gasteiger partial charge on any atom is -0.326 e. The lowest BCUT2D eigenvalue weighted by Crippen LogP contribution is -2.34. The van der Waals surface area contributed by atoms with Crippen molar-refractivity contribution in [2.75, 3.05) is 16.8 Å². The summed E-state index contributed by atoms with van der Waals surface area (Å²) in [6, 6.07) is 17.8. The molecule has 0 radical (unpaired) electrons. The zero-order valence-corrected chi connectivity index (χ0v) is 17.1. The summed E-state index contributed by atoms with van der Waals surface area (Å²) in [5.41, 5.74) is 2.49. The van der Waals surface area contributed by atoms with Crippen LogP contribution >= 0.6 is 11.8 Å². The molecular formula is C23H19N3O3S. The van der Waals surface area contributed by atoms with Gasteiger partial charge in [-0.1, -0.05) is 23.9 Å². The van der Waals surface area contributed by atoms with E-state index in [-0.39, 0.29) is 30.6 Å². The van der Waals surface area contributed by atoms with Crippen LogP contribution in [0.25, 0.3) is 0 Å². The summed E-state index contributed by atoms with van der Waals surface area (Å²) >= 11 is 1.45. The van der Waals surface area contributed by atoms with E-state index in [0.717, 1.165) is 9.92 Å². The molecule has 4 rings (SSSR count). The van der Waals surface area contributed by atoms with Crippen molar-refractivity contribution < 1.29 is 14.4 Å². The predicted octanol–water partition coefficient (Wildman–Crippen LogP) is 4.42. The van der Waals surface area contributed by atoms with Gasteiger partial charge < -0.3 is 10.2 Å². The van der Waals surface area contributed by atoms with E-state index in [0.29, 0.717) is 22.5 Å². The second-order valence-corrected chi connectivity index (χ2v) is 7.85. The number of carbonyl (C=O) groups excluding carboxylic acids is 3. The average Bonchev–Trinajstić information content (AvgIpc) is 2.87. The summed E-state index contributed by atoms with van der Waals surface area (Å²) < 4.78 is 0. The maximum absolute atomic E-state index is 13.2. The highest BCUT2D eigenvalue weighted by Crippen LogP contribution is 2.39. The maximum Gasteiger partial charge on any atom is 0.259 e. The number of nitrogens with zero attached hydrogens (tertiary/aromatic N) is 2. The fraction of sp³-hybridized carbons (Fsp3) is 0.130. The lowest BCUT2D eigenvalue weighted by molar-refractivity contribution is -0.116. The van der Waals surface area contributed by atoms with Crippen LogP contribution in [0.4, 0.5) is 11.4 Å². The van der Waals surface area contributed by atoms with E-state index in [1.54, 1.807) is 47.5 Å². The van der Waals surface area contributed by atoms with Crippen molar-refractivity contribution in [1.82, 2.24) is 4.98 Å². The molecule has 0 bridgehead atoms. The molecule has 0 atom stereocenters. The normalized spacial score (nSPS) is 12.6.